The Morgan fingerprint density at radius 1 is 1.47 bits per heavy atom. The molecule has 3 atom stereocenters. The highest BCUT2D eigenvalue weighted by molar-refractivity contribution is 7.99. The number of hydrogen-bond acceptors (Lipinski definition) is 4. The monoisotopic (exact) mass is 225 g/mol. The number of amides is 1. The van der Waals surface area contributed by atoms with Gasteiger partial charge in [0.1, 0.15) is 6.04 Å². The fourth-order valence-corrected chi connectivity index (χ4v) is 3.60. The fourth-order valence-electron chi connectivity index (χ4n) is 2.20. The number of carbonyl (C=O) groups excluding carboxylic acids is 1. The molecule has 82 valence electrons. The number of nitriles is 1. The minimum atomic E-state index is -0.406. The van der Waals surface area contributed by atoms with Crippen molar-refractivity contribution in [2.75, 3.05) is 5.75 Å². The zero-order valence-corrected chi connectivity index (χ0v) is 9.37. The second-order valence-electron chi connectivity index (χ2n) is 4.04. The van der Waals surface area contributed by atoms with Crippen LogP contribution >= 0.6 is 11.8 Å². The number of thioether (sulfide) groups is 1. The molecule has 0 aliphatic carbocycles. The third-order valence-electron chi connectivity index (χ3n) is 3.03. The van der Waals surface area contributed by atoms with Crippen LogP contribution in [0.15, 0.2) is 0 Å². The number of nitrogens with zero attached hydrogens (tertiary/aromatic N) is 2. The van der Waals surface area contributed by atoms with Gasteiger partial charge < -0.3 is 10.6 Å². The minimum Gasteiger partial charge on any atom is -0.320 e. The average Bonchev–Trinajstić information content (AvgIpc) is 2.40. The smallest absolute Gasteiger partial charge is 0.241 e. The van der Waals surface area contributed by atoms with Crippen LogP contribution in [-0.2, 0) is 4.79 Å². The number of piperidine rings is 1. The molecule has 0 aromatic rings. The van der Waals surface area contributed by atoms with Crippen molar-refractivity contribution in [2.45, 2.75) is 43.1 Å². The van der Waals surface area contributed by atoms with E-state index in [0.29, 0.717) is 0 Å². The van der Waals surface area contributed by atoms with E-state index in [0.717, 1.165) is 31.4 Å². The Morgan fingerprint density at radius 2 is 2.27 bits per heavy atom. The summed E-state index contributed by atoms with van der Waals surface area (Å²) in [5, 5.41) is 9.22. The van der Waals surface area contributed by atoms with Gasteiger partial charge in [-0.1, -0.05) is 0 Å². The van der Waals surface area contributed by atoms with E-state index in [1.807, 2.05) is 0 Å². The second kappa shape index (κ2) is 4.42. The first-order valence-electron chi connectivity index (χ1n) is 5.33. The van der Waals surface area contributed by atoms with Crippen LogP contribution in [0, 0.1) is 11.3 Å². The molecular weight excluding hydrogens is 210 g/mol. The SMILES string of the molecule is N#CC1CCC[C@@H]2SCCC(N)C(=O)N12. The molecule has 1 amide bonds. The summed E-state index contributed by atoms with van der Waals surface area (Å²) in [4.78, 5) is 13.7. The molecule has 0 aromatic carbocycles. The van der Waals surface area contributed by atoms with Crippen molar-refractivity contribution < 1.29 is 4.79 Å². The Morgan fingerprint density at radius 3 is 3.00 bits per heavy atom. The van der Waals surface area contributed by atoms with Crippen molar-refractivity contribution in [3.63, 3.8) is 0 Å². The molecule has 2 N–H and O–H groups in total. The zero-order valence-electron chi connectivity index (χ0n) is 8.56. The predicted molar refractivity (Wildman–Crippen MR) is 58.9 cm³/mol. The first-order valence-corrected chi connectivity index (χ1v) is 6.38. The first kappa shape index (κ1) is 10.8. The Labute approximate surface area is 93.8 Å². The van der Waals surface area contributed by atoms with Gasteiger partial charge in [0.25, 0.3) is 0 Å². The standard InChI is InChI=1S/C10H15N3OS/c11-6-7-2-1-3-9-13(7)10(14)8(12)4-5-15-9/h7-9H,1-5,12H2/t7?,8?,9-/m0/s1. The quantitative estimate of drug-likeness (QED) is 0.658. The molecule has 15 heavy (non-hydrogen) atoms. The first-order chi connectivity index (χ1) is 7.24. The summed E-state index contributed by atoms with van der Waals surface area (Å²) in [5.41, 5.74) is 5.79. The van der Waals surface area contributed by atoms with Crippen LogP contribution in [0.3, 0.4) is 0 Å². The van der Waals surface area contributed by atoms with Gasteiger partial charge in [-0.15, -0.1) is 11.8 Å². The Hall–Kier alpha value is -0.730. The zero-order chi connectivity index (χ0) is 10.8. The van der Waals surface area contributed by atoms with E-state index in [4.69, 9.17) is 11.0 Å². The van der Waals surface area contributed by atoms with Crippen LogP contribution in [0.5, 0.6) is 0 Å². The van der Waals surface area contributed by atoms with Crippen LogP contribution < -0.4 is 5.73 Å². The van der Waals surface area contributed by atoms with Crippen LogP contribution in [0.1, 0.15) is 25.7 Å². The van der Waals surface area contributed by atoms with Crippen LogP contribution in [0.2, 0.25) is 0 Å². The summed E-state index contributed by atoms with van der Waals surface area (Å²) in [6.45, 7) is 0. The summed E-state index contributed by atoms with van der Waals surface area (Å²) in [7, 11) is 0. The normalized spacial score (nSPS) is 36.7. The van der Waals surface area contributed by atoms with E-state index in [1.165, 1.54) is 0 Å². The third kappa shape index (κ3) is 1.97. The van der Waals surface area contributed by atoms with Crippen molar-refractivity contribution >= 4 is 17.7 Å². The maximum absolute atomic E-state index is 12.0. The summed E-state index contributed by atoms with van der Waals surface area (Å²) in [5.74, 6) is 0.892. The topological polar surface area (TPSA) is 70.1 Å². The number of nitrogens with two attached hydrogens (primary N) is 1. The van der Waals surface area contributed by atoms with Crippen molar-refractivity contribution in [3.8, 4) is 6.07 Å². The maximum Gasteiger partial charge on any atom is 0.241 e. The third-order valence-corrected chi connectivity index (χ3v) is 4.35. The fraction of sp³-hybridized carbons (Fsp3) is 0.800. The predicted octanol–water partition coefficient (Wildman–Crippen LogP) is 0.681. The van der Waals surface area contributed by atoms with Gasteiger partial charge >= 0.3 is 0 Å². The highest BCUT2D eigenvalue weighted by atomic mass is 32.2. The molecule has 0 spiro atoms. The van der Waals surface area contributed by atoms with Crippen LogP contribution in [0.4, 0.5) is 0 Å². The number of fused-ring (bicyclic) bond motifs is 1. The molecule has 2 rings (SSSR count). The van der Waals surface area contributed by atoms with Crippen molar-refractivity contribution in [1.29, 1.82) is 5.26 Å². The summed E-state index contributed by atoms with van der Waals surface area (Å²) < 4.78 is 0. The average molecular weight is 225 g/mol. The molecule has 0 aromatic heterocycles. The van der Waals surface area contributed by atoms with E-state index in [1.54, 1.807) is 16.7 Å². The van der Waals surface area contributed by atoms with Gasteiger partial charge in [-0.3, -0.25) is 4.79 Å². The number of rotatable bonds is 0. The lowest BCUT2D eigenvalue weighted by Crippen LogP contribution is -2.52. The Kier molecular flexibility index (Phi) is 3.17. The summed E-state index contributed by atoms with van der Waals surface area (Å²) >= 11 is 1.77. The molecule has 0 bridgehead atoms. The summed E-state index contributed by atoms with van der Waals surface area (Å²) in [6.07, 6.45) is 3.57. The van der Waals surface area contributed by atoms with Gasteiger partial charge in [0.2, 0.25) is 5.91 Å². The molecule has 5 heteroatoms. The molecule has 0 saturated carbocycles. The van der Waals surface area contributed by atoms with Gasteiger partial charge in [0.15, 0.2) is 0 Å². The van der Waals surface area contributed by atoms with Gasteiger partial charge in [-0.05, 0) is 31.4 Å². The van der Waals surface area contributed by atoms with Gasteiger partial charge in [-0.25, -0.2) is 0 Å². The number of carbonyl (C=O) groups is 1. The molecule has 2 heterocycles. The Balaban J connectivity index is 2.23. The highest BCUT2D eigenvalue weighted by Crippen LogP contribution is 2.33. The van der Waals surface area contributed by atoms with E-state index in [-0.39, 0.29) is 17.3 Å². The molecule has 4 nitrogen and oxygen atoms in total. The van der Waals surface area contributed by atoms with E-state index < -0.39 is 6.04 Å². The molecular formula is C10H15N3OS. The summed E-state index contributed by atoms with van der Waals surface area (Å²) in [6, 6.07) is 1.56. The molecule has 0 radical (unpaired) electrons. The van der Waals surface area contributed by atoms with Gasteiger partial charge in [0, 0.05) is 0 Å². The molecule has 2 unspecified atom stereocenters. The minimum absolute atomic E-state index is 0.0312. The largest absolute Gasteiger partial charge is 0.320 e. The highest BCUT2D eigenvalue weighted by Gasteiger charge is 2.38. The lowest BCUT2D eigenvalue weighted by atomic mass is 10.0. The lowest BCUT2D eigenvalue weighted by molar-refractivity contribution is -0.135. The van der Waals surface area contributed by atoms with Crippen molar-refractivity contribution in [1.82, 2.24) is 4.90 Å². The van der Waals surface area contributed by atoms with E-state index >= 15 is 0 Å². The van der Waals surface area contributed by atoms with Crippen molar-refractivity contribution in [3.05, 3.63) is 0 Å². The van der Waals surface area contributed by atoms with E-state index in [9.17, 15) is 4.79 Å². The van der Waals surface area contributed by atoms with Crippen LogP contribution in [-0.4, -0.2) is 34.0 Å². The maximum atomic E-state index is 12.0. The molecule has 2 aliphatic rings. The second-order valence-corrected chi connectivity index (χ2v) is 5.33. The van der Waals surface area contributed by atoms with Gasteiger partial charge in [-0.2, -0.15) is 5.26 Å². The molecule has 2 aliphatic heterocycles. The number of hydrogen-bond donors (Lipinski definition) is 1. The molecule has 2 saturated heterocycles. The van der Waals surface area contributed by atoms with Crippen molar-refractivity contribution in [2.24, 2.45) is 5.73 Å². The Bertz CT molecular complexity index is 302. The van der Waals surface area contributed by atoms with Crippen LogP contribution in [0.25, 0.3) is 0 Å². The van der Waals surface area contributed by atoms with E-state index in [2.05, 4.69) is 6.07 Å². The lowest BCUT2D eigenvalue weighted by Gasteiger charge is -2.38. The molecule has 2 fully saturated rings. The van der Waals surface area contributed by atoms with Gasteiger partial charge in [0.05, 0.1) is 17.5 Å².